The van der Waals surface area contributed by atoms with E-state index in [1.165, 1.54) is 23.3 Å². The Balaban J connectivity index is 1.65. The van der Waals surface area contributed by atoms with Crippen molar-refractivity contribution in [3.8, 4) is 11.5 Å². The molecule has 0 radical (unpaired) electrons. The lowest BCUT2D eigenvalue weighted by molar-refractivity contribution is 0.414. The maximum atomic E-state index is 13.4. The molecule has 1 N–H and O–H groups in total. The molecule has 0 unspecified atom stereocenters. The Morgan fingerprint density at radius 2 is 1.25 bits per heavy atom. The molecule has 0 saturated heterocycles. The number of hydrogen-bond acceptors (Lipinski definition) is 3. The fraction of sp³-hybridized carbons (Fsp3) is 0.250. The van der Waals surface area contributed by atoms with Gasteiger partial charge in [0.1, 0.15) is 17.3 Å². The summed E-state index contributed by atoms with van der Waals surface area (Å²) in [5, 5.41) is 3.50. The van der Waals surface area contributed by atoms with Crippen LogP contribution in [0.2, 0.25) is 0 Å². The van der Waals surface area contributed by atoms with Crippen molar-refractivity contribution >= 4 is 0 Å². The van der Waals surface area contributed by atoms with Crippen molar-refractivity contribution in [1.82, 2.24) is 5.32 Å². The van der Waals surface area contributed by atoms with Gasteiger partial charge in [0.15, 0.2) is 0 Å². The number of nitrogens with one attached hydrogen (secondary N) is 1. The maximum absolute atomic E-state index is 13.4. The molecule has 0 saturated carbocycles. The first kappa shape index (κ1) is 19.9. The van der Waals surface area contributed by atoms with Crippen LogP contribution in [-0.4, -0.2) is 20.8 Å². The number of hydrogen-bond donors (Lipinski definition) is 1. The zero-order valence-electron chi connectivity index (χ0n) is 16.3. The Hall–Kier alpha value is -2.85. The summed E-state index contributed by atoms with van der Waals surface area (Å²) in [5.41, 5.74) is 3.51. The van der Waals surface area contributed by atoms with Gasteiger partial charge in [0.2, 0.25) is 0 Å². The summed E-state index contributed by atoms with van der Waals surface area (Å²) in [4.78, 5) is 0. The molecule has 0 amide bonds. The van der Waals surface area contributed by atoms with Gasteiger partial charge in [-0.1, -0.05) is 36.4 Å². The SMILES string of the molecule is COc1ccc(CNCC[C@H](c2ccc(F)cc2)c2ccc(OC)cc2)cc1. The molecule has 1 atom stereocenters. The fourth-order valence-corrected chi connectivity index (χ4v) is 3.28. The molecule has 146 valence electrons. The molecule has 0 aliphatic carbocycles. The summed E-state index contributed by atoms with van der Waals surface area (Å²) in [6, 6.07) is 22.9. The normalized spacial score (nSPS) is 11.8. The Bertz CT molecular complexity index is 845. The Morgan fingerprint density at radius 1 is 0.750 bits per heavy atom. The minimum atomic E-state index is -0.213. The first-order chi connectivity index (χ1) is 13.7. The lowest BCUT2D eigenvalue weighted by Crippen LogP contribution is -2.17. The highest BCUT2D eigenvalue weighted by Gasteiger charge is 2.14. The molecular weight excluding hydrogens is 353 g/mol. The van der Waals surface area contributed by atoms with Gasteiger partial charge in [0.25, 0.3) is 0 Å². The third-order valence-corrected chi connectivity index (χ3v) is 4.89. The highest BCUT2D eigenvalue weighted by atomic mass is 19.1. The lowest BCUT2D eigenvalue weighted by atomic mass is 9.88. The topological polar surface area (TPSA) is 30.5 Å². The van der Waals surface area contributed by atoms with Crippen molar-refractivity contribution < 1.29 is 13.9 Å². The zero-order valence-corrected chi connectivity index (χ0v) is 16.3. The van der Waals surface area contributed by atoms with Crippen molar-refractivity contribution in [3.63, 3.8) is 0 Å². The van der Waals surface area contributed by atoms with E-state index in [2.05, 4.69) is 29.6 Å². The van der Waals surface area contributed by atoms with E-state index in [9.17, 15) is 4.39 Å². The molecule has 0 fully saturated rings. The molecular formula is C24H26FNO2. The fourth-order valence-electron chi connectivity index (χ4n) is 3.28. The van der Waals surface area contributed by atoms with E-state index in [0.29, 0.717) is 0 Å². The van der Waals surface area contributed by atoms with Crippen LogP contribution in [0.15, 0.2) is 72.8 Å². The smallest absolute Gasteiger partial charge is 0.123 e. The van der Waals surface area contributed by atoms with Gasteiger partial charge in [-0.25, -0.2) is 4.39 Å². The van der Waals surface area contributed by atoms with Crippen LogP contribution in [0.25, 0.3) is 0 Å². The van der Waals surface area contributed by atoms with Crippen LogP contribution in [-0.2, 0) is 6.54 Å². The van der Waals surface area contributed by atoms with Gasteiger partial charge in [-0.2, -0.15) is 0 Å². The van der Waals surface area contributed by atoms with Gasteiger partial charge in [-0.3, -0.25) is 0 Å². The maximum Gasteiger partial charge on any atom is 0.123 e. The minimum Gasteiger partial charge on any atom is -0.497 e. The van der Waals surface area contributed by atoms with Gasteiger partial charge < -0.3 is 14.8 Å². The van der Waals surface area contributed by atoms with Crippen LogP contribution in [0, 0.1) is 5.82 Å². The lowest BCUT2D eigenvalue weighted by Gasteiger charge is -2.19. The highest BCUT2D eigenvalue weighted by molar-refractivity contribution is 5.36. The van der Waals surface area contributed by atoms with Crippen LogP contribution in [0.1, 0.15) is 29.0 Å². The van der Waals surface area contributed by atoms with Crippen molar-refractivity contribution in [2.75, 3.05) is 20.8 Å². The summed E-state index contributed by atoms with van der Waals surface area (Å²) < 4.78 is 23.8. The van der Waals surface area contributed by atoms with E-state index in [4.69, 9.17) is 9.47 Å². The molecule has 3 nitrogen and oxygen atoms in total. The summed E-state index contributed by atoms with van der Waals surface area (Å²) >= 11 is 0. The average Bonchev–Trinajstić information content (AvgIpc) is 2.75. The Kier molecular flexibility index (Phi) is 7.04. The molecule has 0 aromatic heterocycles. The standard InChI is InChI=1S/C24H26FNO2/c1-27-22-11-3-18(4-12-22)17-26-16-15-24(19-5-9-21(25)10-6-19)20-7-13-23(28-2)14-8-20/h3-14,24,26H,15-17H2,1-2H3/t24-/m1/s1. The molecule has 0 aliphatic rings. The average molecular weight is 379 g/mol. The van der Waals surface area contributed by atoms with Gasteiger partial charge in [0, 0.05) is 12.5 Å². The Labute approximate surface area is 166 Å². The molecule has 0 bridgehead atoms. The summed E-state index contributed by atoms with van der Waals surface area (Å²) in [5.74, 6) is 1.67. The second-order valence-electron chi connectivity index (χ2n) is 6.69. The second-order valence-corrected chi connectivity index (χ2v) is 6.69. The first-order valence-corrected chi connectivity index (χ1v) is 9.42. The number of ether oxygens (including phenoxy) is 2. The predicted octanol–water partition coefficient (Wildman–Crippen LogP) is 5.15. The van der Waals surface area contributed by atoms with Crippen LogP contribution in [0.5, 0.6) is 11.5 Å². The number of halogens is 1. The van der Waals surface area contributed by atoms with Gasteiger partial charge in [0.05, 0.1) is 14.2 Å². The molecule has 0 aliphatic heterocycles. The quantitative estimate of drug-likeness (QED) is 0.521. The van der Waals surface area contributed by atoms with E-state index in [0.717, 1.165) is 36.6 Å². The third kappa shape index (κ3) is 5.33. The third-order valence-electron chi connectivity index (χ3n) is 4.89. The zero-order chi connectivity index (χ0) is 19.8. The van der Waals surface area contributed by atoms with E-state index in [1.807, 2.05) is 36.4 Å². The van der Waals surface area contributed by atoms with Crippen LogP contribution >= 0.6 is 0 Å². The van der Waals surface area contributed by atoms with E-state index < -0.39 is 0 Å². The van der Waals surface area contributed by atoms with Gasteiger partial charge >= 0.3 is 0 Å². The minimum absolute atomic E-state index is 0.190. The second kappa shape index (κ2) is 9.90. The van der Waals surface area contributed by atoms with Gasteiger partial charge in [-0.15, -0.1) is 0 Å². The summed E-state index contributed by atoms with van der Waals surface area (Å²) in [7, 11) is 3.33. The summed E-state index contributed by atoms with van der Waals surface area (Å²) in [6.45, 7) is 1.64. The van der Waals surface area contributed by atoms with E-state index in [-0.39, 0.29) is 11.7 Å². The predicted molar refractivity (Wildman–Crippen MR) is 111 cm³/mol. The van der Waals surface area contributed by atoms with Gasteiger partial charge in [-0.05, 0) is 66.1 Å². The first-order valence-electron chi connectivity index (χ1n) is 9.42. The monoisotopic (exact) mass is 379 g/mol. The largest absolute Gasteiger partial charge is 0.497 e. The Morgan fingerprint density at radius 3 is 1.79 bits per heavy atom. The van der Waals surface area contributed by atoms with Crippen LogP contribution in [0.3, 0.4) is 0 Å². The van der Waals surface area contributed by atoms with Crippen molar-refractivity contribution in [2.45, 2.75) is 18.9 Å². The molecule has 3 rings (SSSR count). The van der Waals surface area contributed by atoms with Crippen LogP contribution in [0.4, 0.5) is 4.39 Å². The number of methoxy groups -OCH3 is 2. The molecule has 0 spiro atoms. The van der Waals surface area contributed by atoms with Crippen LogP contribution < -0.4 is 14.8 Å². The summed E-state index contributed by atoms with van der Waals surface area (Å²) in [6.07, 6.45) is 0.911. The molecule has 3 aromatic rings. The number of rotatable bonds is 9. The molecule has 28 heavy (non-hydrogen) atoms. The molecule has 4 heteroatoms. The van der Waals surface area contributed by atoms with Crippen molar-refractivity contribution in [3.05, 3.63) is 95.3 Å². The van der Waals surface area contributed by atoms with Crippen molar-refractivity contribution in [1.29, 1.82) is 0 Å². The van der Waals surface area contributed by atoms with Crippen molar-refractivity contribution in [2.24, 2.45) is 0 Å². The molecule has 3 aromatic carbocycles. The highest BCUT2D eigenvalue weighted by Crippen LogP contribution is 2.29. The number of benzene rings is 3. The molecule has 0 heterocycles. The van der Waals surface area contributed by atoms with E-state index >= 15 is 0 Å². The van der Waals surface area contributed by atoms with E-state index in [1.54, 1.807) is 14.2 Å².